The summed E-state index contributed by atoms with van der Waals surface area (Å²) in [6.45, 7) is 6.06. The summed E-state index contributed by atoms with van der Waals surface area (Å²) in [5.74, 6) is -0.578. The average molecular weight is 220 g/mol. The number of hydrogen-bond acceptors (Lipinski definition) is 3. The van der Waals surface area contributed by atoms with Gasteiger partial charge in [-0.05, 0) is 24.8 Å². The Balaban J connectivity index is 2.52. The molecule has 0 heterocycles. The predicted octanol–water partition coefficient (Wildman–Crippen LogP) is 2.18. The molecule has 0 radical (unpaired) electrons. The molecule has 16 heavy (non-hydrogen) atoms. The number of rotatable bonds is 1. The molecular formula is C13H16O3. The van der Waals surface area contributed by atoms with E-state index < -0.39 is 5.97 Å². The zero-order valence-corrected chi connectivity index (χ0v) is 9.76. The van der Waals surface area contributed by atoms with Crippen LogP contribution in [0.15, 0.2) is 23.3 Å². The van der Waals surface area contributed by atoms with Gasteiger partial charge in [-0.3, -0.25) is 4.79 Å². The van der Waals surface area contributed by atoms with Crippen LogP contribution in [-0.4, -0.2) is 18.9 Å². The second-order valence-electron chi connectivity index (χ2n) is 4.73. The molecular weight excluding hydrogens is 204 g/mol. The second kappa shape index (κ2) is 3.58. The first kappa shape index (κ1) is 11.1. The fourth-order valence-electron chi connectivity index (χ4n) is 2.79. The summed E-state index contributed by atoms with van der Waals surface area (Å²) in [5, 5.41) is 0. The van der Waals surface area contributed by atoms with Gasteiger partial charge in [0.2, 0.25) is 0 Å². The van der Waals surface area contributed by atoms with Gasteiger partial charge in [-0.25, -0.2) is 4.79 Å². The quantitative estimate of drug-likeness (QED) is 0.386. The third kappa shape index (κ3) is 1.34. The molecule has 0 spiro atoms. The molecule has 0 aromatic heterocycles. The van der Waals surface area contributed by atoms with Crippen molar-refractivity contribution in [2.45, 2.75) is 32.6 Å². The van der Waals surface area contributed by atoms with E-state index in [-0.39, 0.29) is 16.8 Å². The van der Waals surface area contributed by atoms with Crippen molar-refractivity contribution >= 4 is 11.8 Å². The summed E-state index contributed by atoms with van der Waals surface area (Å²) in [5.41, 5.74) is 2.01. The number of Topliss-reactive ketones (excluding diaryl/α,β-unsaturated/α-hetero) is 1. The summed E-state index contributed by atoms with van der Waals surface area (Å²) < 4.78 is 4.69. The first-order valence-corrected chi connectivity index (χ1v) is 5.54. The van der Waals surface area contributed by atoms with Crippen LogP contribution < -0.4 is 0 Å². The maximum Gasteiger partial charge on any atom is 0.341 e. The van der Waals surface area contributed by atoms with Crippen molar-refractivity contribution < 1.29 is 14.3 Å². The van der Waals surface area contributed by atoms with Crippen molar-refractivity contribution in [3.8, 4) is 0 Å². The molecule has 2 aliphatic rings. The van der Waals surface area contributed by atoms with Crippen LogP contribution in [0.2, 0.25) is 0 Å². The maximum absolute atomic E-state index is 11.9. The van der Waals surface area contributed by atoms with E-state index >= 15 is 0 Å². The van der Waals surface area contributed by atoms with E-state index in [9.17, 15) is 9.59 Å². The van der Waals surface area contributed by atoms with Crippen LogP contribution in [0, 0.1) is 5.41 Å². The highest BCUT2D eigenvalue weighted by molar-refractivity contribution is 6.20. The van der Waals surface area contributed by atoms with E-state index in [0.717, 1.165) is 30.4 Å². The molecule has 0 unspecified atom stereocenters. The first-order chi connectivity index (χ1) is 7.50. The van der Waals surface area contributed by atoms with Crippen LogP contribution in [0.5, 0.6) is 0 Å². The number of allylic oxidation sites excluding steroid dienone is 2. The van der Waals surface area contributed by atoms with Gasteiger partial charge >= 0.3 is 5.97 Å². The standard InChI is InChI=1S/C13H16O3/c1-8-5-4-6-9-11(12(15)16-3)10(14)7-13(8,9)2/h1,4-7H2,2-3H3/t13-/m0/s1. The molecule has 1 atom stereocenters. The average Bonchev–Trinajstić information content (AvgIpc) is 2.51. The van der Waals surface area contributed by atoms with Crippen LogP contribution in [0.1, 0.15) is 32.6 Å². The van der Waals surface area contributed by atoms with Crippen molar-refractivity contribution in [1.29, 1.82) is 0 Å². The monoisotopic (exact) mass is 220 g/mol. The van der Waals surface area contributed by atoms with E-state index in [1.165, 1.54) is 7.11 Å². The zero-order valence-electron chi connectivity index (χ0n) is 9.76. The van der Waals surface area contributed by atoms with Crippen molar-refractivity contribution in [2.24, 2.45) is 5.41 Å². The normalized spacial score (nSPS) is 29.4. The number of carbonyl (C=O) groups excluding carboxylic acids is 2. The molecule has 1 saturated carbocycles. The van der Waals surface area contributed by atoms with Crippen LogP contribution in [0.4, 0.5) is 0 Å². The lowest BCUT2D eigenvalue weighted by atomic mass is 9.69. The predicted molar refractivity (Wildman–Crippen MR) is 59.8 cm³/mol. The Morgan fingerprint density at radius 1 is 1.44 bits per heavy atom. The summed E-state index contributed by atoms with van der Waals surface area (Å²) in [6, 6.07) is 0. The summed E-state index contributed by atoms with van der Waals surface area (Å²) >= 11 is 0. The van der Waals surface area contributed by atoms with E-state index in [1.54, 1.807) is 0 Å². The lowest BCUT2D eigenvalue weighted by Gasteiger charge is -2.34. The van der Waals surface area contributed by atoms with E-state index in [1.807, 2.05) is 6.92 Å². The third-order valence-corrected chi connectivity index (χ3v) is 3.84. The van der Waals surface area contributed by atoms with Crippen molar-refractivity contribution in [2.75, 3.05) is 7.11 Å². The van der Waals surface area contributed by atoms with Gasteiger partial charge in [-0.1, -0.05) is 19.1 Å². The number of ketones is 1. The molecule has 86 valence electrons. The number of ether oxygens (including phenoxy) is 1. The number of methoxy groups -OCH3 is 1. The Hall–Kier alpha value is -1.38. The summed E-state index contributed by atoms with van der Waals surface area (Å²) in [4.78, 5) is 23.5. The van der Waals surface area contributed by atoms with Gasteiger partial charge in [0.15, 0.2) is 5.78 Å². The minimum atomic E-state index is -0.488. The smallest absolute Gasteiger partial charge is 0.341 e. The highest BCUT2D eigenvalue weighted by atomic mass is 16.5. The van der Waals surface area contributed by atoms with Crippen LogP contribution in [-0.2, 0) is 14.3 Å². The number of esters is 1. The highest BCUT2D eigenvalue weighted by Crippen LogP contribution is 2.52. The Morgan fingerprint density at radius 2 is 2.12 bits per heavy atom. The lowest BCUT2D eigenvalue weighted by Crippen LogP contribution is -2.23. The van der Waals surface area contributed by atoms with Crippen LogP contribution in [0.25, 0.3) is 0 Å². The Morgan fingerprint density at radius 3 is 2.75 bits per heavy atom. The summed E-state index contributed by atoms with van der Waals surface area (Å²) in [6.07, 6.45) is 3.11. The van der Waals surface area contributed by atoms with Gasteiger partial charge in [0.1, 0.15) is 5.57 Å². The third-order valence-electron chi connectivity index (χ3n) is 3.84. The van der Waals surface area contributed by atoms with Gasteiger partial charge < -0.3 is 4.74 Å². The molecule has 2 rings (SSSR count). The molecule has 2 aliphatic carbocycles. The molecule has 0 aromatic carbocycles. The summed E-state index contributed by atoms with van der Waals surface area (Å²) in [7, 11) is 1.32. The molecule has 3 heteroatoms. The number of carbonyl (C=O) groups is 2. The zero-order chi connectivity index (χ0) is 11.9. The van der Waals surface area contributed by atoms with E-state index in [4.69, 9.17) is 0 Å². The van der Waals surface area contributed by atoms with Crippen LogP contribution >= 0.6 is 0 Å². The lowest BCUT2D eigenvalue weighted by molar-refractivity contribution is -0.137. The maximum atomic E-state index is 11.9. The Labute approximate surface area is 95.2 Å². The van der Waals surface area contributed by atoms with Crippen molar-refractivity contribution in [1.82, 2.24) is 0 Å². The van der Waals surface area contributed by atoms with Gasteiger partial charge in [0, 0.05) is 11.8 Å². The van der Waals surface area contributed by atoms with Gasteiger partial charge in [-0.2, -0.15) is 0 Å². The first-order valence-electron chi connectivity index (χ1n) is 5.54. The molecule has 0 amide bonds. The van der Waals surface area contributed by atoms with Crippen LogP contribution in [0.3, 0.4) is 0 Å². The van der Waals surface area contributed by atoms with Crippen molar-refractivity contribution in [3.05, 3.63) is 23.3 Å². The van der Waals surface area contributed by atoms with Gasteiger partial charge in [-0.15, -0.1) is 0 Å². The second-order valence-corrected chi connectivity index (χ2v) is 4.73. The Bertz CT molecular complexity index is 417. The van der Waals surface area contributed by atoms with Crippen molar-refractivity contribution in [3.63, 3.8) is 0 Å². The van der Waals surface area contributed by atoms with E-state index in [2.05, 4.69) is 11.3 Å². The molecule has 0 N–H and O–H groups in total. The molecule has 0 saturated heterocycles. The molecule has 0 aromatic rings. The SMILES string of the molecule is C=C1CCCC2=C(C(=O)OC)C(=O)C[C@@]12C. The number of hydrogen-bond donors (Lipinski definition) is 0. The van der Waals surface area contributed by atoms with E-state index in [0.29, 0.717) is 6.42 Å². The molecule has 0 bridgehead atoms. The van der Waals surface area contributed by atoms with Gasteiger partial charge in [0.25, 0.3) is 0 Å². The topological polar surface area (TPSA) is 43.4 Å². The fraction of sp³-hybridized carbons (Fsp3) is 0.538. The molecule has 1 fully saturated rings. The number of fused-ring (bicyclic) bond motifs is 1. The highest BCUT2D eigenvalue weighted by Gasteiger charge is 2.47. The fourth-order valence-corrected chi connectivity index (χ4v) is 2.79. The minimum absolute atomic E-state index is 0.0904. The van der Waals surface area contributed by atoms with Gasteiger partial charge in [0.05, 0.1) is 7.11 Å². The molecule has 3 nitrogen and oxygen atoms in total. The minimum Gasteiger partial charge on any atom is -0.465 e. The molecule has 0 aliphatic heterocycles. The largest absolute Gasteiger partial charge is 0.465 e. The Kier molecular flexibility index (Phi) is 2.49.